The zero-order chi connectivity index (χ0) is 13.6. The van der Waals surface area contributed by atoms with Crippen LogP contribution in [0.3, 0.4) is 0 Å². The Morgan fingerprint density at radius 3 is 2.79 bits per heavy atom. The summed E-state index contributed by atoms with van der Waals surface area (Å²) in [5, 5.41) is 2.80. The molecule has 2 heterocycles. The molecule has 19 heavy (non-hydrogen) atoms. The van der Waals surface area contributed by atoms with Crippen LogP contribution in [0.15, 0.2) is 34.4 Å². The fourth-order valence-electron chi connectivity index (χ4n) is 2.13. The minimum absolute atomic E-state index is 0.366. The van der Waals surface area contributed by atoms with Crippen molar-refractivity contribution in [3.63, 3.8) is 0 Å². The molecule has 0 unspecified atom stereocenters. The SMILES string of the molecule is Cc1csc2c1c(-c1ccccc1F)nc(=O)n2C. The minimum atomic E-state index is -0.368. The summed E-state index contributed by atoms with van der Waals surface area (Å²) in [6.07, 6.45) is 0. The molecule has 3 aromatic rings. The molecule has 0 saturated carbocycles. The number of nitrogens with zero attached hydrogens (tertiary/aromatic N) is 2. The summed E-state index contributed by atoms with van der Waals surface area (Å²) < 4.78 is 15.4. The van der Waals surface area contributed by atoms with E-state index in [-0.39, 0.29) is 11.5 Å². The van der Waals surface area contributed by atoms with Crippen molar-refractivity contribution >= 4 is 21.6 Å². The van der Waals surface area contributed by atoms with E-state index in [1.165, 1.54) is 22.0 Å². The van der Waals surface area contributed by atoms with Crippen LogP contribution in [0, 0.1) is 12.7 Å². The summed E-state index contributed by atoms with van der Waals surface area (Å²) in [6, 6.07) is 6.39. The average Bonchev–Trinajstić information content (AvgIpc) is 2.77. The Bertz CT molecular complexity index is 835. The molecule has 0 amide bonds. The van der Waals surface area contributed by atoms with Crippen molar-refractivity contribution in [2.75, 3.05) is 0 Å². The monoisotopic (exact) mass is 274 g/mol. The van der Waals surface area contributed by atoms with Crippen LogP contribution in [0.25, 0.3) is 21.5 Å². The van der Waals surface area contributed by atoms with E-state index in [9.17, 15) is 9.18 Å². The summed E-state index contributed by atoms with van der Waals surface area (Å²) in [5.74, 6) is -0.366. The third-order valence-electron chi connectivity index (χ3n) is 3.12. The van der Waals surface area contributed by atoms with Crippen molar-refractivity contribution < 1.29 is 4.39 Å². The quantitative estimate of drug-likeness (QED) is 0.683. The van der Waals surface area contributed by atoms with Crippen molar-refractivity contribution in [1.82, 2.24) is 9.55 Å². The largest absolute Gasteiger partial charge is 0.348 e. The van der Waals surface area contributed by atoms with Gasteiger partial charge in [-0.05, 0) is 30.0 Å². The Morgan fingerprint density at radius 2 is 2.05 bits per heavy atom. The van der Waals surface area contributed by atoms with Crippen LogP contribution < -0.4 is 5.69 Å². The van der Waals surface area contributed by atoms with E-state index >= 15 is 0 Å². The first kappa shape index (κ1) is 12.0. The number of hydrogen-bond donors (Lipinski definition) is 0. The van der Waals surface area contributed by atoms with Crippen LogP contribution in [0.4, 0.5) is 4.39 Å². The summed E-state index contributed by atoms with van der Waals surface area (Å²) >= 11 is 1.47. The molecule has 0 radical (unpaired) electrons. The predicted molar refractivity (Wildman–Crippen MR) is 75.0 cm³/mol. The lowest BCUT2D eigenvalue weighted by atomic mass is 10.1. The van der Waals surface area contributed by atoms with Crippen molar-refractivity contribution in [2.24, 2.45) is 7.05 Å². The van der Waals surface area contributed by atoms with Gasteiger partial charge in [0.15, 0.2) is 0 Å². The Hall–Kier alpha value is -2.01. The first-order valence-corrected chi connectivity index (χ1v) is 6.67. The van der Waals surface area contributed by atoms with E-state index in [2.05, 4.69) is 4.98 Å². The molecule has 0 atom stereocenters. The molecule has 0 aliphatic carbocycles. The van der Waals surface area contributed by atoms with Crippen molar-refractivity contribution in [3.05, 3.63) is 51.5 Å². The second-order valence-corrected chi connectivity index (χ2v) is 5.24. The fraction of sp³-hybridized carbons (Fsp3) is 0.143. The molecule has 0 spiro atoms. The number of hydrogen-bond acceptors (Lipinski definition) is 3. The van der Waals surface area contributed by atoms with Gasteiger partial charge in [0.1, 0.15) is 10.6 Å². The number of rotatable bonds is 1. The first-order chi connectivity index (χ1) is 9.09. The number of fused-ring (bicyclic) bond motifs is 1. The van der Waals surface area contributed by atoms with Crippen LogP contribution in [0.2, 0.25) is 0 Å². The average molecular weight is 274 g/mol. The normalized spacial score (nSPS) is 11.1. The molecule has 0 N–H and O–H groups in total. The zero-order valence-corrected chi connectivity index (χ0v) is 11.3. The Morgan fingerprint density at radius 1 is 1.32 bits per heavy atom. The number of aromatic nitrogens is 2. The lowest BCUT2D eigenvalue weighted by Gasteiger charge is -2.07. The van der Waals surface area contributed by atoms with E-state index in [1.54, 1.807) is 25.2 Å². The molecule has 3 nitrogen and oxygen atoms in total. The van der Waals surface area contributed by atoms with Crippen molar-refractivity contribution in [1.29, 1.82) is 0 Å². The Balaban J connectivity index is 2.49. The van der Waals surface area contributed by atoms with Crippen LogP contribution in [-0.2, 0) is 7.05 Å². The van der Waals surface area contributed by atoms with E-state index < -0.39 is 0 Å². The topological polar surface area (TPSA) is 34.9 Å². The molecule has 1 aromatic carbocycles. The molecular formula is C14H11FN2OS. The lowest BCUT2D eigenvalue weighted by Crippen LogP contribution is -2.20. The van der Waals surface area contributed by atoms with Gasteiger partial charge in [-0.15, -0.1) is 11.3 Å². The Labute approximate surface area is 113 Å². The van der Waals surface area contributed by atoms with Crippen molar-refractivity contribution in [3.8, 4) is 11.3 Å². The molecule has 0 bridgehead atoms. The van der Waals surface area contributed by atoms with Crippen LogP contribution in [0.5, 0.6) is 0 Å². The Kier molecular flexibility index (Phi) is 2.71. The van der Waals surface area contributed by atoms with Gasteiger partial charge in [-0.25, -0.2) is 9.18 Å². The molecule has 5 heteroatoms. The van der Waals surface area contributed by atoms with Gasteiger partial charge in [0, 0.05) is 18.0 Å². The van der Waals surface area contributed by atoms with E-state index in [1.807, 2.05) is 12.3 Å². The molecule has 3 rings (SSSR count). The van der Waals surface area contributed by atoms with Crippen LogP contribution in [0.1, 0.15) is 5.56 Å². The lowest BCUT2D eigenvalue weighted by molar-refractivity contribution is 0.630. The number of thiophene rings is 1. The smallest absolute Gasteiger partial charge is 0.286 e. The maximum Gasteiger partial charge on any atom is 0.348 e. The van der Waals surface area contributed by atoms with Crippen LogP contribution in [-0.4, -0.2) is 9.55 Å². The van der Waals surface area contributed by atoms with Gasteiger partial charge >= 0.3 is 5.69 Å². The number of halogens is 1. The second-order valence-electron chi connectivity index (χ2n) is 4.38. The van der Waals surface area contributed by atoms with Crippen LogP contribution >= 0.6 is 11.3 Å². The minimum Gasteiger partial charge on any atom is -0.286 e. The first-order valence-electron chi connectivity index (χ1n) is 5.79. The highest BCUT2D eigenvalue weighted by atomic mass is 32.1. The summed E-state index contributed by atoms with van der Waals surface area (Å²) in [6.45, 7) is 1.94. The fourth-order valence-corrected chi connectivity index (χ4v) is 3.15. The third-order valence-corrected chi connectivity index (χ3v) is 4.29. The van der Waals surface area contributed by atoms with Gasteiger partial charge in [0.05, 0.1) is 5.69 Å². The zero-order valence-electron chi connectivity index (χ0n) is 10.5. The number of aryl methyl sites for hydroxylation is 2. The highest BCUT2D eigenvalue weighted by Gasteiger charge is 2.16. The third kappa shape index (κ3) is 1.77. The molecule has 0 aliphatic rings. The van der Waals surface area contributed by atoms with Gasteiger partial charge in [-0.3, -0.25) is 4.57 Å². The van der Waals surface area contributed by atoms with Crippen molar-refractivity contribution in [2.45, 2.75) is 6.92 Å². The summed E-state index contributed by atoms with van der Waals surface area (Å²) in [5.41, 5.74) is 1.43. The van der Waals surface area contributed by atoms with E-state index in [0.717, 1.165) is 15.8 Å². The van der Waals surface area contributed by atoms with Gasteiger partial charge in [0.25, 0.3) is 0 Å². The van der Waals surface area contributed by atoms with Gasteiger partial charge in [0.2, 0.25) is 0 Å². The number of benzene rings is 1. The highest BCUT2D eigenvalue weighted by Crippen LogP contribution is 2.32. The molecule has 0 aliphatic heterocycles. The van der Waals surface area contributed by atoms with E-state index in [0.29, 0.717) is 11.3 Å². The van der Waals surface area contributed by atoms with E-state index in [4.69, 9.17) is 0 Å². The molecule has 2 aromatic heterocycles. The maximum absolute atomic E-state index is 13.9. The van der Waals surface area contributed by atoms with Gasteiger partial charge in [-0.2, -0.15) is 4.98 Å². The molecular weight excluding hydrogens is 263 g/mol. The predicted octanol–water partition coefficient (Wildman–Crippen LogP) is 3.11. The second kappa shape index (κ2) is 4.28. The molecule has 0 saturated heterocycles. The molecule has 0 fully saturated rings. The maximum atomic E-state index is 13.9. The van der Waals surface area contributed by atoms with Gasteiger partial charge in [-0.1, -0.05) is 12.1 Å². The standard InChI is InChI=1S/C14H11FN2OS/c1-8-7-19-13-11(8)12(16-14(18)17(13)2)9-5-3-4-6-10(9)15/h3-7H,1-2H3. The summed E-state index contributed by atoms with van der Waals surface area (Å²) in [4.78, 5) is 16.7. The van der Waals surface area contributed by atoms with Gasteiger partial charge < -0.3 is 0 Å². The molecule has 96 valence electrons. The summed E-state index contributed by atoms with van der Waals surface area (Å²) in [7, 11) is 1.68. The highest BCUT2D eigenvalue weighted by molar-refractivity contribution is 7.17.